The van der Waals surface area contributed by atoms with Crippen LogP contribution in [0.15, 0.2) is 35.1 Å². The smallest absolute Gasteiger partial charge is 0.247 e. The summed E-state index contributed by atoms with van der Waals surface area (Å²) in [5, 5.41) is 7.51. The Morgan fingerprint density at radius 1 is 1.13 bits per heavy atom. The van der Waals surface area contributed by atoms with E-state index in [1.807, 2.05) is 12.1 Å². The molecule has 2 rings (SSSR count). The molecule has 0 spiro atoms. The minimum Gasteiger partial charge on any atom is -0.423 e. The molecule has 15 heavy (non-hydrogen) atoms. The predicted molar refractivity (Wildman–Crippen MR) is 59.5 cm³/mol. The Bertz CT molecular complexity index is 429. The first-order valence-electron chi connectivity index (χ1n) is 4.94. The van der Waals surface area contributed by atoms with E-state index in [1.54, 1.807) is 0 Å². The largest absolute Gasteiger partial charge is 0.423 e. The zero-order valence-corrected chi connectivity index (χ0v) is 9.19. The van der Waals surface area contributed by atoms with Gasteiger partial charge in [0.25, 0.3) is 0 Å². The summed E-state index contributed by atoms with van der Waals surface area (Å²) in [4.78, 5) is 0. The molecule has 1 heterocycles. The Labute approximate surface area is 90.6 Å². The number of benzene rings is 1. The second-order valence-corrected chi connectivity index (χ2v) is 4.57. The lowest BCUT2D eigenvalue weighted by Crippen LogP contribution is -2.10. The lowest BCUT2D eigenvalue weighted by Gasteiger charge is -2.18. The molecule has 0 amide bonds. The molecule has 2 aromatic rings. The first-order valence-corrected chi connectivity index (χ1v) is 4.94. The Hall–Kier alpha value is -1.64. The van der Waals surface area contributed by atoms with Crippen LogP contribution < -0.4 is 0 Å². The minimum absolute atomic E-state index is 0. The summed E-state index contributed by atoms with van der Waals surface area (Å²) in [5.74, 6) is 0.565. The van der Waals surface area contributed by atoms with Gasteiger partial charge in [-0.25, -0.2) is 0 Å². The molecular formula is C12H15N2O. The van der Waals surface area contributed by atoms with Crippen molar-refractivity contribution in [2.75, 3.05) is 0 Å². The topological polar surface area (TPSA) is 38.9 Å². The Morgan fingerprint density at radius 3 is 2.27 bits per heavy atom. The van der Waals surface area contributed by atoms with Gasteiger partial charge in [0.05, 0.1) is 0 Å². The zero-order chi connectivity index (χ0) is 10.9. The number of aromatic nitrogens is 2. The third-order valence-corrected chi connectivity index (χ3v) is 2.36. The van der Waals surface area contributed by atoms with Crippen LogP contribution in [0.3, 0.4) is 0 Å². The van der Waals surface area contributed by atoms with Gasteiger partial charge >= 0.3 is 0 Å². The summed E-state index contributed by atoms with van der Waals surface area (Å²) in [6.07, 6.45) is 1.34. The number of rotatable bonds is 1. The number of hydrogen-bond donors (Lipinski definition) is 0. The fraction of sp³-hybridized carbons (Fsp3) is 0.333. The van der Waals surface area contributed by atoms with E-state index in [-0.39, 0.29) is 6.84 Å². The van der Waals surface area contributed by atoms with Gasteiger partial charge in [-0.05, 0) is 23.1 Å². The molecule has 0 N–H and O–H groups in total. The molecule has 1 radical (unpaired) electrons. The maximum Gasteiger partial charge on any atom is 0.247 e. The van der Waals surface area contributed by atoms with Crippen molar-refractivity contribution < 1.29 is 5.84 Å². The second-order valence-electron chi connectivity index (χ2n) is 4.57. The first kappa shape index (κ1) is 9.90. The fourth-order valence-corrected chi connectivity index (χ4v) is 1.41. The Balaban J connectivity index is 0.00000128. The van der Waals surface area contributed by atoms with E-state index in [2.05, 4.69) is 43.1 Å². The van der Waals surface area contributed by atoms with Gasteiger partial charge in [0.2, 0.25) is 12.3 Å². The van der Waals surface area contributed by atoms with Crippen LogP contribution in [0, 0.1) is 0 Å². The molecule has 3 nitrogen and oxygen atoms in total. The van der Waals surface area contributed by atoms with Crippen LogP contribution >= 0.6 is 0 Å². The normalized spacial score (nSPS) is 11.7. The van der Waals surface area contributed by atoms with E-state index in [9.17, 15) is 0 Å². The molecule has 0 bridgehead atoms. The van der Waals surface area contributed by atoms with E-state index >= 15 is 0 Å². The summed E-state index contributed by atoms with van der Waals surface area (Å²) < 4.78 is 5.12. The third-order valence-electron chi connectivity index (χ3n) is 2.36. The highest BCUT2D eigenvalue weighted by atomic mass is 16.4. The molecule has 1 aromatic heterocycles. The SMILES string of the molecule is CC(C)(C)c1ccc(-c2nnco2)cc1.[H]. The van der Waals surface area contributed by atoms with Crippen LogP contribution in [-0.2, 0) is 5.41 Å². The quantitative estimate of drug-likeness (QED) is 0.714. The minimum atomic E-state index is 0. The van der Waals surface area contributed by atoms with Gasteiger partial charge in [-0.15, -0.1) is 10.2 Å². The van der Waals surface area contributed by atoms with Crippen LogP contribution in [0.1, 0.15) is 27.8 Å². The standard InChI is InChI=1S/C12H14N2O.H/c1-12(2,3)10-6-4-9(5-7-10)11-14-13-8-15-11;/h4-8H,1-3H3;. The van der Waals surface area contributed by atoms with Gasteiger partial charge in [-0.2, -0.15) is 0 Å². The molecule has 0 aliphatic heterocycles. The van der Waals surface area contributed by atoms with E-state index in [0.717, 1.165) is 5.56 Å². The Morgan fingerprint density at radius 2 is 1.80 bits per heavy atom. The van der Waals surface area contributed by atoms with Crippen molar-refractivity contribution in [2.24, 2.45) is 0 Å². The molecule has 0 unspecified atom stereocenters. The lowest BCUT2D eigenvalue weighted by atomic mass is 9.87. The van der Waals surface area contributed by atoms with Crippen molar-refractivity contribution in [3.63, 3.8) is 0 Å². The van der Waals surface area contributed by atoms with Crippen molar-refractivity contribution >= 4 is 0 Å². The van der Waals surface area contributed by atoms with Crippen molar-refractivity contribution in [3.05, 3.63) is 36.2 Å². The van der Waals surface area contributed by atoms with Gasteiger partial charge in [-0.3, -0.25) is 0 Å². The van der Waals surface area contributed by atoms with Gasteiger partial charge < -0.3 is 4.42 Å². The van der Waals surface area contributed by atoms with Crippen LogP contribution in [0.2, 0.25) is 0 Å². The molecule has 79 valence electrons. The van der Waals surface area contributed by atoms with E-state index < -0.39 is 0 Å². The highest BCUT2D eigenvalue weighted by molar-refractivity contribution is 5.53. The maximum absolute atomic E-state index is 5.12. The molecule has 0 aliphatic carbocycles. The zero-order valence-electron chi connectivity index (χ0n) is 10.2. The third kappa shape index (κ3) is 2.06. The summed E-state index contributed by atoms with van der Waals surface area (Å²) >= 11 is 0. The van der Waals surface area contributed by atoms with Gasteiger partial charge in [-0.1, -0.05) is 32.9 Å². The van der Waals surface area contributed by atoms with E-state index in [4.69, 9.17) is 4.42 Å². The van der Waals surface area contributed by atoms with E-state index in [0.29, 0.717) is 5.89 Å². The molecule has 0 atom stereocenters. The highest BCUT2D eigenvalue weighted by Crippen LogP contribution is 2.24. The monoisotopic (exact) mass is 203 g/mol. The summed E-state index contributed by atoms with van der Waals surface area (Å²) in [6, 6.07) is 8.21. The average molecular weight is 203 g/mol. The highest BCUT2D eigenvalue weighted by Gasteiger charge is 2.13. The van der Waals surface area contributed by atoms with Gasteiger partial charge in [0.15, 0.2) is 0 Å². The van der Waals surface area contributed by atoms with Crippen molar-refractivity contribution in [3.8, 4) is 11.5 Å². The van der Waals surface area contributed by atoms with E-state index in [1.165, 1.54) is 12.0 Å². The Kier molecular flexibility index (Phi) is 2.31. The van der Waals surface area contributed by atoms with Crippen LogP contribution in [0.4, 0.5) is 0 Å². The number of hydrogen-bond acceptors (Lipinski definition) is 3. The summed E-state index contributed by atoms with van der Waals surface area (Å²) in [6.45, 7) is 6.57. The second kappa shape index (κ2) is 3.50. The number of nitrogens with zero attached hydrogens (tertiary/aromatic N) is 2. The van der Waals surface area contributed by atoms with Crippen LogP contribution in [0.25, 0.3) is 11.5 Å². The van der Waals surface area contributed by atoms with Crippen molar-refractivity contribution in [1.82, 2.24) is 10.2 Å². The van der Waals surface area contributed by atoms with Gasteiger partial charge in [0.1, 0.15) is 0 Å². The lowest BCUT2D eigenvalue weighted by molar-refractivity contribution is 0.568. The van der Waals surface area contributed by atoms with Crippen LogP contribution in [-0.4, -0.2) is 10.2 Å². The fourth-order valence-electron chi connectivity index (χ4n) is 1.41. The summed E-state index contributed by atoms with van der Waals surface area (Å²) in [5.41, 5.74) is 2.43. The molecule has 0 aliphatic rings. The maximum atomic E-state index is 5.12. The molecule has 0 saturated heterocycles. The average Bonchev–Trinajstić information content (AvgIpc) is 2.69. The molecule has 0 fully saturated rings. The molecule has 1 aromatic carbocycles. The molecule has 0 saturated carbocycles. The van der Waals surface area contributed by atoms with Crippen molar-refractivity contribution in [1.29, 1.82) is 0 Å². The molecular weight excluding hydrogens is 188 g/mol. The summed E-state index contributed by atoms with van der Waals surface area (Å²) in [7, 11) is 0. The van der Waals surface area contributed by atoms with Crippen molar-refractivity contribution in [2.45, 2.75) is 26.2 Å². The predicted octanol–water partition coefficient (Wildman–Crippen LogP) is 3.15. The molecule has 3 heteroatoms. The first-order chi connectivity index (χ1) is 7.07. The van der Waals surface area contributed by atoms with Gasteiger partial charge in [0, 0.05) is 6.99 Å². The van der Waals surface area contributed by atoms with Crippen LogP contribution in [0.5, 0.6) is 0 Å².